The molecule has 0 bridgehead atoms. The lowest BCUT2D eigenvalue weighted by molar-refractivity contribution is 0.0746. The van der Waals surface area contributed by atoms with E-state index in [2.05, 4.69) is 9.88 Å². The fourth-order valence-electron chi connectivity index (χ4n) is 3.63. The van der Waals surface area contributed by atoms with Gasteiger partial charge in [0.25, 0.3) is 5.91 Å². The molecule has 0 aliphatic carbocycles. The van der Waals surface area contributed by atoms with Gasteiger partial charge in [-0.2, -0.15) is 4.31 Å². The van der Waals surface area contributed by atoms with Crippen LogP contribution >= 0.6 is 11.6 Å². The first kappa shape index (κ1) is 22.5. The standard InChI is InChI=1S/C21H27ClN4O3S/c1-4-26(5-2)30(28,29)19-15-17(9-8-16(19)3)21(27)25-13-11-24(12-14-25)20-18(22)7-6-10-23-20/h6-10,15H,4-5,11-14H2,1-3H3. The third-order valence-corrected chi connectivity index (χ3v) is 7.85. The molecule has 2 aromatic rings. The molecule has 0 radical (unpaired) electrons. The van der Waals surface area contributed by atoms with Crippen molar-refractivity contribution < 1.29 is 13.2 Å². The number of aromatic nitrogens is 1. The molecule has 3 rings (SSSR count). The highest BCUT2D eigenvalue weighted by molar-refractivity contribution is 7.89. The Labute approximate surface area is 183 Å². The van der Waals surface area contributed by atoms with Crippen LogP contribution in [0.1, 0.15) is 29.8 Å². The second-order valence-electron chi connectivity index (χ2n) is 7.16. The Balaban J connectivity index is 1.78. The van der Waals surface area contributed by atoms with E-state index in [-0.39, 0.29) is 10.8 Å². The molecule has 0 atom stereocenters. The van der Waals surface area contributed by atoms with E-state index >= 15 is 0 Å². The van der Waals surface area contributed by atoms with Crippen LogP contribution in [-0.4, -0.2) is 67.8 Å². The summed E-state index contributed by atoms with van der Waals surface area (Å²) in [5, 5.41) is 0.585. The number of sulfonamides is 1. The van der Waals surface area contributed by atoms with Crippen molar-refractivity contribution in [2.45, 2.75) is 25.7 Å². The highest BCUT2D eigenvalue weighted by Crippen LogP contribution is 2.25. The van der Waals surface area contributed by atoms with Gasteiger partial charge in [0.1, 0.15) is 5.82 Å². The van der Waals surface area contributed by atoms with Gasteiger partial charge in [0.15, 0.2) is 0 Å². The van der Waals surface area contributed by atoms with Gasteiger partial charge in [0, 0.05) is 51.0 Å². The second kappa shape index (κ2) is 9.32. The van der Waals surface area contributed by atoms with Crippen LogP contribution in [0.3, 0.4) is 0 Å². The first-order valence-corrected chi connectivity index (χ1v) is 11.9. The molecule has 0 saturated carbocycles. The fourth-order valence-corrected chi connectivity index (χ4v) is 5.58. The molecule has 1 fully saturated rings. The number of piperazine rings is 1. The molecule has 30 heavy (non-hydrogen) atoms. The Bertz CT molecular complexity index is 1020. The summed E-state index contributed by atoms with van der Waals surface area (Å²) in [6, 6.07) is 8.49. The molecule has 0 unspecified atom stereocenters. The summed E-state index contributed by atoms with van der Waals surface area (Å²) in [7, 11) is -3.64. The molecule has 1 aliphatic heterocycles. The molecule has 162 valence electrons. The van der Waals surface area contributed by atoms with Crippen LogP contribution in [0.5, 0.6) is 0 Å². The number of anilines is 1. The van der Waals surface area contributed by atoms with Gasteiger partial charge >= 0.3 is 0 Å². The Morgan fingerprint density at radius 2 is 1.80 bits per heavy atom. The molecular formula is C21H27ClN4O3S. The van der Waals surface area contributed by atoms with E-state index in [4.69, 9.17) is 11.6 Å². The summed E-state index contributed by atoms with van der Waals surface area (Å²) in [5.74, 6) is 0.548. The molecular weight excluding hydrogens is 424 g/mol. The van der Waals surface area contributed by atoms with Gasteiger partial charge in [0.2, 0.25) is 10.0 Å². The average molecular weight is 451 g/mol. The Morgan fingerprint density at radius 1 is 1.13 bits per heavy atom. The zero-order valence-electron chi connectivity index (χ0n) is 17.5. The highest BCUT2D eigenvalue weighted by Gasteiger charge is 2.27. The van der Waals surface area contributed by atoms with E-state index < -0.39 is 10.0 Å². The lowest BCUT2D eigenvalue weighted by Gasteiger charge is -2.35. The van der Waals surface area contributed by atoms with Gasteiger partial charge in [-0.05, 0) is 36.8 Å². The minimum atomic E-state index is -3.64. The van der Waals surface area contributed by atoms with Crippen LogP contribution in [0.4, 0.5) is 5.82 Å². The minimum absolute atomic E-state index is 0.169. The third kappa shape index (κ3) is 4.45. The molecule has 1 saturated heterocycles. The van der Waals surface area contributed by atoms with E-state index in [0.29, 0.717) is 61.2 Å². The number of nitrogens with zero attached hydrogens (tertiary/aromatic N) is 4. The van der Waals surface area contributed by atoms with Crippen molar-refractivity contribution in [3.8, 4) is 0 Å². The van der Waals surface area contributed by atoms with Crippen molar-refractivity contribution in [1.82, 2.24) is 14.2 Å². The van der Waals surface area contributed by atoms with Crippen LogP contribution in [0.2, 0.25) is 5.02 Å². The maximum atomic E-state index is 13.1. The van der Waals surface area contributed by atoms with Crippen molar-refractivity contribution in [2.24, 2.45) is 0 Å². The molecule has 1 amide bonds. The third-order valence-electron chi connectivity index (χ3n) is 5.36. The van der Waals surface area contributed by atoms with Crippen LogP contribution in [0.15, 0.2) is 41.4 Å². The van der Waals surface area contributed by atoms with Crippen LogP contribution in [0.25, 0.3) is 0 Å². The molecule has 1 aromatic carbocycles. The zero-order valence-corrected chi connectivity index (χ0v) is 19.1. The van der Waals surface area contributed by atoms with E-state index in [1.807, 2.05) is 0 Å². The highest BCUT2D eigenvalue weighted by atomic mass is 35.5. The molecule has 2 heterocycles. The first-order chi connectivity index (χ1) is 14.3. The second-order valence-corrected chi connectivity index (χ2v) is 9.47. The normalized spacial score (nSPS) is 15.0. The van der Waals surface area contributed by atoms with Crippen molar-refractivity contribution in [3.63, 3.8) is 0 Å². The summed E-state index contributed by atoms with van der Waals surface area (Å²) in [4.78, 5) is 21.4. The number of pyridine rings is 1. The van der Waals surface area contributed by atoms with Crippen molar-refractivity contribution in [3.05, 3.63) is 52.7 Å². The van der Waals surface area contributed by atoms with Crippen LogP contribution in [0, 0.1) is 6.92 Å². The number of rotatable bonds is 6. The van der Waals surface area contributed by atoms with Gasteiger partial charge in [0.05, 0.1) is 9.92 Å². The van der Waals surface area contributed by atoms with Gasteiger partial charge < -0.3 is 9.80 Å². The van der Waals surface area contributed by atoms with E-state index in [0.717, 1.165) is 0 Å². The van der Waals surface area contributed by atoms with E-state index in [9.17, 15) is 13.2 Å². The van der Waals surface area contributed by atoms with Crippen LogP contribution < -0.4 is 4.90 Å². The van der Waals surface area contributed by atoms with Gasteiger partial charge in [-0.15, -0.1) is 0 Å². The molecule has 1 aliphatic rings. The van der Waals surface area contributed by atoms with Crippen molar-refractivity contribution in [2.75, 3.05) is 44.2 Å². The molecule has 7 nitrogen and oxygen atoms in total. The number of hydrogen-bond acceptors (Lipinski definition) is 5. The predicted octanol–water partition coefficient (Wildman–Crippen LogP) is 3.04. The zero-order chi connectivity index (χ0) is 21.9. The molecule has 1 aromatic heterocycles. The Morgan fingerprint density at radius 3 is 2.40 bits per heavy atom. The summed E-state index contributed by atoms with van der Waals surface area (Å²) in [6.45, 7) is 8.37. The van der Waals surface area contributed by atoms with Crippen molar-refractivity contribution >= 4 is 33.3 Å². The summed E-state index contributed by atoms with van der Waals surface area (Å²) in [5.41, 5.74) is 1.02. The van der Waals surface area contributed by atoms with Gasteiger partial charge in [-0.25, -0.2) is 13.4 Å². The fraction of sp³-hybridized carbons (Fsp3) is 0.429. The Kier molecular flexibility index (Phi) is 7.00. The van der Waals surface area contributed by atoms with Gasteiger partial charge in [-0.1, -0.05) is 31.5 Å². The number of halogens is 1. The number of aryl methyl sites for hydroxylation is 1. The SMILES string of the molecule is CCN(CC)S(=O)(=O)c1cc(C(=O)N2CCN(c3ncccc3Cl)CC2)ccc1C. The first-order valence-electron chi connectivity index (χ1n) is 10.0. The number of benzene rings is 1. The maximum Gasteiger partial charge on any atom is 0.254 e. The van der Waals surface area contributed by atoms with Gasteiger partial charge in [-0.3, -0.25) is 4.79 Å². The lowest BCUT2D eigenvalue weighted by Crippen LogP contribution is -2.49. The molecule has 0 N–H and O–H groups in total. The number of hydrogen-bond donors (Lipinski definition) is 0. The summed E-state index contributed by atoms with van der Waals surface area (Å²) in [6.07, 6.45) is 1.70. The number of amides is 1. The minimum Gasteiger partial charge on any atom is -0.352 e. The van der Waals surface area contributed by atoms with E-state index in [1.54, 1.807) is 56.1 Å². The Hall–Kier alpha value is -2.16. The topological polar surface area (TPSA) is 73.8 Å². The number of carbonyl (C=O) groups excluding carboxylic acids is 1. The van der Waals surface area contributed by atoms with E-state index in [1.165, 1.54) is 10.4 Å². The maximum absolute atomic E-state index is 13.1. The molecule has 9 heteroatoms. The summed E-state index contributed by atoms with van der Waals surface area (Å²) >= 11 is 6.23. The summed E-state index contributed by atoms with van der Waals surface area (Å²) < 4.78 is 27.3. The predicted molar refractivity (Wildman–Crippen MR) is 119 cm³/mol. The number of carbonyl (C=O) groups is 1. The lowest BCUT2D eigenvalue weighted by atomic mass is 10.1. The quantitative estimate of drug-likeness (QED) is 0.676. The smallest absolute Gasteiger partial charge is 0.254 e. The monoisotopic (exact) mass is 450 g/mol. The van der Waals surface area contributed by atoms with Crippen molar-refractivity contribution in [1.29, 1.82) is 0 Å². The molecule has 0 spiro atoms. The average Bonchev–Trinajstić information content (AvgIpc) is 2.74. The largest absolute Gasteiger partial charge is 0.352 e. The van der Waals surface area contributed by atoms with Crippen LogP contribution in [-0.2, 0) is 10.0 Å².